The van der Waals surface area contributed by atoms with Crippen molar-refractivity contribution in [2.24, 2.45) is 0 Å². The molecule has 0 aromatic heterocycles. The van der Waals surface area contributed by atoms with Crippen LogP contribution in [-0.4, -0.2) is 18.4 Å². The minimum atomic E-state index is -0.256. The Morgan fingerprint density at radius 2 is 1.88 bits per heavy atom. The van der Waals surface area contributed by atoms with Crippen LogP contribution in [0.4, 0.5) is 5.69 Å². The Labute approximate surface area is 141 Å². The lowest BCUT2D eigenvalue weighted by molar-refractivity contribution is -0.123. The maximum atomic E-state index is 12.2. The van der Waals surface area contributed by atoms with Crippen LogP contribution in [0.1, 0.15) is 23.6 Å². The van der Waals surface area contributed by atoms with Gasteiger partial charge in [-0.2, -0.15) is 5.26 Å². The van der Waals surface area contributed by atoms with Gasteiger partial charge >= 0.3 is 0 Å². The number of benzene rings is 2. The molecule has 2 aromatic carbocycles. The van der Waals surface area contributed by atoms with E-state index in [0.717, 1.165) is 11.1 Å². The molecule has 1 N–H and O–H groups in total. The molecule has 0 fully saturated rings. The lowest BCUT2D eigenvalue weighted by Gasteiger charge is -2.21. The topological polar surface area (TPSA) is 73.2 Å². The van der Waals surface area contributed by atoms with E-state index in [2.05, 4.69) is 5.32 Å². The van der Waals surface area contributed by atoms with Crippen molar-refractivity contribution in [1.29, 1.82) is 5.26 Å². The van der Waals surface area contributed by atoms with Crippen molar-refractivity contribution in [1.82, 2.24) is 5.32 Å². The van der Waals surface area contributed by atoms with E-state index in [1.165, 1.54) is 11.8 Å². The second-order valence-corrected chi connectivity index (χ2v) is 5.53. The predicted octanol–water partition coefficient (Wildman–Crippen LogP) is 2.54. The van der Waals surface area contributed by atoms with E-state index in [1.807, 2.05) is 37.3 Å². The highest BCUT2D eigenvalue weighted by Crippen LogP contribution is 2.16. The van der Waals surface area contributed by atoms with E-state index in [0.29, 0.717) is 17.8 Å². The van der Waals surface area contributed by atoms with E-state index >= 15 is 0 Å². The van der Waals surface area contributed by atoms with Gasteiger partial charge in [0.15, 0.2) is 0 Å². The molecule has 0 saturated carbocycles. The van der Waals surface area contributed by atoms with Gasteiger partial charge < -0.3 is 10.2 Å². The van der Waals surface area contributed by atoms with Gasteiger partial charge in [0.1, 0.15) is 6.54 Å². The summed E-state index contributed by atoms with van der Waals surface area (Å²) >= 11 is 0. The van der Waals surface area contributed by atoms with Crippen molar-refractivity contribution in [2.75, 3.05) is 11.4 Å². The molecule has 0 aliphatic heterocycles. The molecule has 0 bridgehead atoms. The highest BCUT2D eigenvalue weighted by Gasteiger charge is 2.16. The first-order chi connectivity index (χ1) is 11.5. The van der Waals surface area contributed by atoms with Crippen LogP contribution < -0.4 is 10.2 Å². The van der Waals surface area contributed by atoms with Gasteiger partial charge in [-0.15, -0.1) is 0 Å². The Morgan fingerprint density at radius 1 is 1.17 bits per heavy atom. The third-order valence-corrected chi connectivity index (χ3v) is 3.58. The maximum Gasteiger partial charge on any atom is 0.240 e. The lowest BCUT2D eigenvalue weighted by atomic mass is 10.1. The number of rotatable bonds is 5. The number of carbonyl (C=O) groups is 2. The van der Waals surface area contributed by atoms with Gasteiger partial charge in [0.05, 0.1) is 11.6 Å². The lowest BCUT2D eigenvalue weighted by Crippen LogP contribution is -2.39. The van der Waals surface area contributed by atoms with Crippen molar-refractivity contribution in [3.63, 3.8) is 0 Å². The highest BCUT2D eigenvalue weighted by molar-refractivity contribution is 5.97. The van der Waals surface area contributed by atoms with Gasteiger partial charge in [-0.1, -0.05) is 35.9 Å². The van der Waals surface area contributed by atoms with E-state index in [1.54, 1.807) is 24.3 Å². The number of aryl methyl sites for hydroxylation is 1. The van der Waals surface area contributed by atoms with Gasteiger partial charge in [0.25, 0.3) is 0 Å². The largest absolute Gasteiger partial charge is 0.350 e. The maximum absolute atomic E-state index is 12.2. The SMILES string of the molecule is CC(=O)N(CC(=O)NCc1ccc(C)cc1)c1cccc(C#N)c1. The van der Waals surface area contributed by atoms with Crippen LogP contribution >= 0.6 is 0 Å². The van der Waals surface area contributed by atoms with E-state index in [4.69, 9.17) is 5.26 Å². The van der Waals surface area contributed by atoms with Gasteiger partial charge in [0.2, 0.25) is 11.8 Å². The smallest absolute Gasteiger partial charge is 0.240 e. The fourth-order valence-electron chi connectivity index (χ4n) is 2.23. The number of nitrogens with one attached hydrogen (secondary N) is 1. The third-order valence-electron chi connectivity index (χ3n) is 3.58. The first-order valence-electron chi connectivity index (χ1n) is 7.60. The zero-order valence-corrected chi connectivity index (χ0v) is 13.7. The van der Waals surface area contributed by atoms with Crippen molar-refractivity contribution in [3.8, 4) is 6.07 Å². The van der Waals surface area contributed by atoms with Gasteiger partial charge in [-0.05, 0) is 30.7 Å². The molecule has 0 unspecified atom stereocenters. The monoisotopic (exact) mass is 321 g/mol. The average molecular weight is 321 g/mol. The molecule has 2 rings (SSSR count). The van der Waals surface area contributed by atoms with Crippen LogP contribution in [0.25, 0.3) is 0 Å². The molecule has 122 valence electrons. The quantitative estimate of drug-likeness (QED) is 0.919. The van der Waals surface area contributed by atoms with E-state index < -0.39 is 0 Å². The van der Waals surface area contributed by atoms with Crippen LogP contribution in [0.15, 0.2) is 48.5 Å². The van der Waals surface area contributed by atoms with Crippen LogP contribution in [-0.2, 0) is 16.1 Å². The van der Waals surface area contributed by atoms with Crippen LogP contribution in [0.2, 0.25) is 0 Å². The van der Waals surface area contributed by atoms with E-state index in [9.17, 15) is 9.59 Å². The summed E-state index contributed by atoms with van der Waals surface area (Å²) in [7, 11) is 0. The van der Waals surface area contributed by atoms with E-state index in [-0.39, 0.29) is 18.4 Å². The first-order valence-corrected chi connectivity index (χ1v) is 7.60. The Kier molecular flexibility index (Phi) is 5.69. The first kappa shape index (κ1) is 17.2. The van der Waals surface area contributed by atoms with Gasteiger partial charge in [-0.25, -0.2) is 0 Å². The standard InChI is InChI=1S/C19H19N3O2/c1-14-6-8-16(9-7-14)12-21-19(24)13-22(15(2)23)18-5-3-4-17(10-18)11-20/h3-10H,12-13H2,1-2H3,(H,21,24). The van der Waals surface area contributed by atoms with Crippen LogP contribution in [0.5, 0.6) is 0 Å². The summed E-state index contributed by atoms with van der Waals surface area (Å²) in [5.74, 6) is -0.510. The summed E-state index contributed by atoms with van der Waals surface area (Å²) in [6.45, 7) is 3.72. The zero-order valence-electron chi connectivity index (χ0n) is 13.7. The number of nitrogens with zero attached hydrogens (tertiary/aromatic N) is 2. The molecule has 0 aliphatic rings. The summed E-state index contributed by atoms with van der Waals surface area (Å²) in [4.78, 5) is 25.4. The van der Waals surface area contributed by atoms with Crippen molar-refractivity contribution >= 4 is 17.5 Å². The number of nitriles is 1. The highest BCUT2D eigenvalue weighted by atomic mass is 16.2. The fourth-order valence-corrected chi connectivity index (χ4v) is 2.23. The molecule has 2 amide bonds. The molecule has 0 heterocycles. The Bertz CT molecular complexity index is 776. The minimum absolute atomic E-state index is 0.0872. The average Bonchev–Trinajstić information content (AvgIpc) is 2.59. The summed E-state index contributed by atoms with van der Waals surface area (Å²) in [5, 5.41) is 11.8. The Balaban J connectivity index is 2.02. The summed E-state index contributed by atoms with van der Waals surface area (Å²) < 4.78 is 0. The van der Waals surface area contributed by atoms with Crippen molar-refractivity contribution in [3.05, 3.63) is 65.2 Å². The number of hydrogen-bond donors (Lipinski definition) is 1. The molecule has 2 aromatic rings. The minimum Gasteiger partial charge on any atom is -0.350 e. The third kappa shape index (κ3) is 4.68. The summed E-state index contributed by atoms with van der Waals surface area (Å²) in [6, 6.07) is 16.5. The number of carbonyl (C=O) groups excluding carboxylic acids is 2. The molecule has 0 aliphatic carbocycles. The zero-order chi connectivity index (χ0) is 17.5. The molecule has 24 heavy (non-hydrogen) atoms. The molecular weight excluding hydrogens is 302 g/mol. The number of amides is 2. The molecule has 5 nitrogen and oxygen atoms in total. The normalized spacial score (nSPS) is 9.88. The summed E-state index contributed by atoms with van der Waals surface area (Å²) in [5.41, 5.74) is 3.13. The molecule has 5 heteroatoms. The molecule has 0 atom stereocenters. The number of hydrogen-bond acceptors (Lipinski definition) is 3. The number of anilines is 1. The van der Waals surface area contributed by atoms with Gasteiger partial charge in [-0.3, -0.25) is 9.59 Å². The van der Waals surface area contributed by atoms with Crippen LogP contribution in [0, 0.1) is 18.3 Å². The second kappa shape index (κ2) is 7.93. The summed E-state index contributed by atoms with van der Waals surface area (Å²) in [6.07, 6.45) is 0. The fraction of sp³-hybridized carbons (Fsp3) is 0.211. The Hall–Kier alpha value is -3.13. The molecule has 0 saturated heterocycles. The van der Waals surface area contributed by atoms with Crippen molar-refractivity contribution < 1.29 is 9.59 Å². The second-order valence-electron chi connectivity index (χ2n) is 5.53. The molecule has 0 spiro atoms. The molecular formula is C19H19N3O2. The Morgan fingerprint density at radius 3 is 2.50 bits per heavy atom. The van der Waals surface area contributed by atoms with Crippen LogP contribution in [0.3, 0.4) is 0 Å². The van der Waals surface area contributed by atoms with Crippen molar-refractivity contribution in [2.45, 2.75) is 20.4 Å². The van der Waals surface area contributed by atoms with Gasteiger partial charge in [0, 0.05) is 19.2 Å². The predicted molar refractivity (Wildman–Crippen MR) is 92.2 cm³/mol. The molecule has 0 radical (unpaired) electrons.